The van der Waals surface area contributed by atoms with E-state index in [2.05, 4.69) is 21.4 Å². The van der Waals surface area contributed by atoms with Crippen molar-refractivity contribution in [3.8, 4) is 0 Å². The lowest BCUT2D eigenvalue weighted by atomic mass is 9.77. The second kappa shape index (κ2) is 12.8. The van der Waals surface area contributed by atoms with Gasteiger partial charge in [-0.2, -0.15) is 0 Å². The molecule has 1 aromatic carbocycles. The molecule has 4 atom stereocenters. The van der Waals surface area contributed by atoms with Crippen molar-refractivity contribution in [3.05, 3.63) is 47.7 Å². The molecule has 230 valence electrons. The number of aromatic nitrogens is 1. The van der Waals surface area contributed by atoms with E-state index in [1.165, 1.54) is 5.01 Å². The summed E-state index contributed by atoms with van der Waals surface area (Å²) in [6.07, 6.45) is 5.55. The molecule has 0 saturated carbocycles. The summed E-state index contributed by atoms with van der Waals surface area (Å²) in [5.41, 5.74) is 4.43. The van der Waals surface area contributed by atoms with E-state index in [0.29, 0.717) is 51.0 Å². The number of hydrazine groups is 1. The predicted molar refractivity (Wildman–Crippen MR) is 162 cm³/mol. The zero-order valence-electron chi connectivity index (χ0n) is 25.3. The molecule has 43 heavy (non-hydrogen) atoms. The molecule has 11 nitrogen and oxygen atoms in total. The molecule has 4 N–H and O–H groups in total. The van der Waals surface area contributed by atoms with Crippen molar-refractivity contribution in [2.75, 3.05) is 19.6 Å². The van der Waals surface area contributed by atoms with Crippen LogP contribution in [0.5, 0.6) is 0 Å². The summed E-state index contributed by atoms with van der Waals surface area (Å²) >= 11 is 0. The van der Waals surface area contributed by atoms with Crippen LogP contribution in [0.1, 0.15) is 70.7 Å². The fraction of sp³-hybridized carbons (Fsp3) is 0.531. The zero-order valence-corrected chi connectivity index (χ0v) is 25.3. The van der Waals surface area contributed by atoms with Crippen molar-refractivity contribution in [1.29, 1.82) is 0 Å². The van der Waals surface area contributed by atoms with Crippen LogP contribution in [0.2, 0.25) is 0 Å². The number of hydrogen-bond donors (Lipinski definition) is 4. The molecule has 1 spiro atoms. The van der Waals surface area contributed by atoms with Crippen molar-refractivity contribution in [2.45, 2.75) is 77.6 Å². The van der Waals surface area contributed by atoms with Crippen LogP contribution >= 0.6 is 0 Å². The van der Waals surface area contributed by atoms with Crippen LogP contribution in [-0.2, 0) is 23.9 Å². The summed E-state index contributed by atoms with van der Waals surface area (Å²) < 4.78 is 5.79. The topological polar surface area (TPSA) is 142 Å². The number of fused-ring (bicyclic) bond motifs is 4. The van der Waals surface area contributed by atoms with E-state index in [4.69, 9.17) is 9.72 Å². The summed E-state index contributed by atoms with van der Waals surface area (Å²) in [6.45, 7) is 8.84. The Bertz CT molecular complexity index is 1420. The Morgan fingerprint density at radius 1 is 1.02 bits per heavy atom. The van der Waals surface area contributed by atoms with Gasteiger partial charge in [-0.25, -0.2) is 10.4 Å². The summed E-state index contributed by atoms with van der Waals surface area (Å²) in [4.78, 5) is 58.6. The van der Waals surface area contributed by atoms with Crippen molar-refractivity contribution in [2.24, 2.45) is 11.3 Å². The van der Waals surface area contributed by atoms with E-state index in [-0.39, 0.29) is 17.7 Å². The highest BCUT2D eigenvalue weighted by Gasteiger charge is 2.40. The molecular weight excluding hydrogens is 548 g/mol. The molecule has 3 amide bonds. The fourth-order valence-electron chi connectivity index (χ4n) is 5.93. The Labute approximate surface area is 252 Å². The number of nitrogens with zero attached hydrogens (tertiary/aromatic N) is 2. The number of amides is 3. The van der Waals surface area contributed by atoms with E-state index in [1.807, 2.05) is 56.3 Å². The third-order valence-corrected chi connectivity index (χ3v) is 8.69. The minimum absolute atomic E-state index is 0.213. The second-order valence-electron chi connectivity index (χ2n) is 12.2. The van der Waals surface area contributed by atoms with Crippen molar-refractivity contribution < 1.29 is 23.9 Å². The number of ether oxygens (including phenoxy) is 1. The van der Waals surface area contributed by atoms with E-state index >= 15 is 0 Å². The molecule has 3 aliphatic rings. The highest BCUT2D eigenvalue weighted by molar-refractivity contribution is 5.94. The SMILES string of the molecule is CC(C)[C@@H]1NC(=O)C2(/C=C/c3ccc4ccc(nc4c3)[C@@H](C)OC(=O)[C@@H]3CCCN(N3)C(=O)[C@H](C)NC1=O)CCNCC2. The number of pyridine rings is 1. The molecule has 5 rings (SSSR count). The van der Waals surface area contributed by atoms with Gasteiger partial charge < -0.3 is 20.7 Å². The molecule has 0 unspecified atom stereocenters. The Kier molecular flexibility index (Phi) is 9.12. The number of benzene rings is 1. The number of cyclic esters (lactones) is 1. The monoisotopic (exact) mass is 590 g/mol. The molecule has 0 radical (unpaired) electrons. The third kappa shape index (κ3) is 6.73. The molecule has 3 aliphatic heterocycles. The van der Waals surface area contributed by atoms with E-state index in [9.17, 15) is 19.2 Å². The number of nitrogens with one attached hydrogen (secondary N) is 4. The molecule has 2 aromatic rings. The number of esters is 1. The van der Waals surface area contributed by atoms with Gasteiger partial charge >= 0.3 is 5.97 Å². The zero-order chi connectivity index (χ0) is 30.7. The number of carbonyl (C=O) groups is 4. The number of carbonyl (C=O) groups excluding carboxylic acids is 4. The largest absolute Gasteiger partial charge is 0.455 e. The summed E-state index contributed by atoms with van der Waals surface area (Å²) in [5.74, 6) is -1.70. The minimum atomic E-state index is -0.879. The molecule has 1 aromatic heterocycles. The highest BCUT2D eigenvalue weighted by atomic mass is 16.5. The fourth-order valence-corrected chi connectivity index (χ4v) is 5.93. The van der Waals surface area contributed by atoms with Crippen LogP contribution in [0.25, 0.3) is 17.0 Å². The first kappa shape index (κ1) is 30.6. The molecule has 4 heterocycles. The molecule has 2 saturated heterocycles. The molecule has 5 bridgehead atoms. The van der Waals surface area contributed by atoms with Gasteiger partial charge in [0.1, 0.15) is 24.2 Å². The van der Waals surface area contributed by atoms with E-state index in [1.54, 1.807) is 13.8 Å². The third-order valence-electron chi connectivity index (χ3n) is 8.69. The first-order valence-corrected chi connectivity index (χ1v) is 15.3. The van der Waals surface area contributed by atoms with Crippen LogP contribution in [0.15, 0.2) is 36.4 Å². The lowest BCUT2D eigenvalue weighted by Gasteiger charge is -2.36. The molecular formula is C32H42N6O5. The average molecular weight is 591 g/mol. The van der Waals surface area contributed by atoms with Crippen LogP contribution in [0, 0.1) is 11.3 Å². The Morgan fingerprint density at radius 3 is 2.51 bits per heavy atom. The van der Waals surface area contributed by atoms with Crippen molar-refractivity contribution >= 4 is 40.7 Å². The first-order valence-electron chi connectivity index (χ1n) is 15.3. The van der Waals surface area contributed by atoms with Gasteiger partial charge in [-0.3, -0.25) is 24.2 Å². The standard InChI is InChI=1S/C32H42N6O5/c1-19(2)27-28(39)34-20(3)29(40)38-17-5-6-25(37-38)30(41)43-21(4)24-10-9-23-8-7-22(18-26(23)35-24)11-12-32(31(42)36-27)13-15-33-16-14-32/h7-12,18-21,25,27,33,37H,5-6,13-17H2,1-4H3,(H,34,39)(H,36,42)/b12-11+/t20-,21+,25-,27-/m0/s1. The van der Waals surface area contributed by atoms with Gasteiger partial charge in [0.15, 0.2) is 0 Å². The maximum absolute atomic E-state index is 13.9. The molecule has 11 heteroatoms. The average Bonchev–Trinajstić information content (AvgIpc) is 3.01. The van der Waals surface area contributed by atoms with Gasteiger partial charge in [0, 0.05) is 11.9 Å². The van der Waals surface area contributed by atoms with Gasteiger partial charge in [-0.15, -0.1) is 0 Å². The van der Waals surface area contributed by atoms with Crippen LogP contribution in [-0.4, -0.2) is 71.4 Å². The maximum Gasteiger partial charge on any atom is 0.325 e. The van der Waals surface area contributed by atoms with Gasteiger partial charge in [0.2, 0.25) is 11.8 Å². The molecule has 0 aliphatic carbocycles. The van der Waals surface area contributed by atoms with Gasteiger partial charge in [0.05, 0.1) is 16.6 Å². The minimum Gasteiger partial charge on any atom is -0.455 e. The lowest BCUT2D eigenvalue weighted by molar-refractivity contribution is -0.157. The Hall–Kier alpha value is -3.83. The van der Waals surface area contributed by atoms with Crippen LogP contribution < -0.4 is 21.4 Å². The van der Waals surface area contributed by atoms with Gasteiger partial charge in [0.25, 0.3) is 5.91 Å². The maximum atomic E-state index is 13.9. The number of piperidine rings is 1. The summed E-state index contributed by atoms with van der Waals surface area (Å²) in [7, 11) is 0. The smallest absolute Gasteiger partial charge is 0.325 e. The quantitative estimate of drug-likeness (QED) is 0.371. The van der Waals surface area contributed by atoms with E-state index in [0.717, 1.165) is 16.5 Å². The van der Waals surface area contributed by atoms with Crippen molar-refractivity contribution in [1.82, 2.24) is 31.4 Å². The van der Waals surface area contributed by atoms with Crippen molar-refractivity contribution in [3.63, 3.8) is 0 Å². The van der Waals surface area contributed by atoms with E-state index < -0.39 is 41.5 Å². The summed E-state index contributed by atoms with van der Waals surface area (Å²) in [6, 6.07) is 7.28. The second-order valence-corrected chi connectivity index (χ2v) is 12.2. The molecule has 2 fully saturated rings. The van der Waals surface area contributed by atoms with Gasteiger partial charge in [-0.05, 0) is 76.2 Å². The lowest BCUT2D eigenvalue weighted by Crippen LogP contribution is -2.61. The van der Waals surface area contributed by atoms with Crippen LogP contribution in [0.4, 0.5) is 0 Å². The Morgan fingerprint density at radius 2 is 1.77 bits per heavy atom. The predicted octanol–water partition coefficient (Wildman–Crippen LogP) is 2.38. The number of hydrogen-bond acceptors (Lipinski definition) is 8. The number of rotatable bonds is 1. The normalized spacial score (nSPS) is 28.0. The first-order chi connectivity index (χ1) is 20.6. The Balaban J connectivity index is 1.53. The highest BCUT2D eigenvalue weighted by Crippen LogP contribution is 2.33. The van der Waals surface area contributed by atoms with Crippen LogP contribution in [0.3, 0.4) is 0 Å². The van der Waals surface area contributed by atoms with Gasteiger partial charge in [-0.1, -0.05) is 44.2 Å². The summed E-state index contributed by atoms with van der Waals surface area (Å²) in [5, 5.41) is 11.5.